The number of fused-ring (bicyclic) bond motifs is 1. The predicted octanol–water partition coefficient (Wildman–Crippen LogP) is 2.56. The number of aryl methyl sites for hydroxylation is 2. The summed E-state index contributed by atoms with van der Waals surface area (Å²) in [5.74, 6) is -0.272. The second kappa shape index (κ2) is 6.47. The fraction of sp³-hybridized carbons (Fsp3) is 0.333. The van der Waals surface area contributed by atoms with Gasteiger partial charge < -0.3 is 10.3 Å². The van der Waals surface area contributed by atoms with Crippen molar-refractivity contribution in [2.75, 3.05) is 6.54 Å². The Morgan fingerprint density at radius 3 is 2.88 bits per heavy atom. The third-order valence-electron chi connectivity index (χ3n) is 4.44. The summed E-state index contributed by atoms with van der Waals surface area (Å²) in [6.07, 6.45) is 2.90. The summed E-state index contributed by atoms with van der Waals surface area (Å²) in [5, 5.41) is 8.26. The van der Waals surface area contributed by atoms with Crippen LogP contribution in [0.25, 0.3) is 10.9 Å². The highest BCUT2D eigenvalue weighted by molar-refractivity contribution is 5.83. The number of benzene rings is 1. The van der Waals surface area contributed by atoms with E-state index < -0.39 is 0 Å². The summed E-state index contributed by atoms with van der Waals surface area (Å²) in [5.41, 5.74) is 4.74. The standard InChI is InChI=1S/C18H21FN4O/c1-11-16(12(2)23(3)22-11)9-18(24)20-7-6-13-10-21-17-8-14(19)4-5-15(13)17/h4-5,8,10,21H,6-7,9H2,1-3H3,(H,20,24). The van der Waals surface area contributed by atoms with Crippen LogP contribution in [-0.2, 0) is 24.7 Å². The zero-order chi connectivity index (χ0) is 17.3. The van der Waals surface area contributed by atoms with Crippen molar-refractivity contribution in [2.24, 2.45) is 7.05 Å². The Morgan fingerprint density at radius 2 is 2.17 bits per heavy atom. The molecular formula is C18H21FN4O. The second-order valence-corrected chi connectivity index (χ2v) is 6.05. The van der Waals surface area contributed by atoms with Gasteiger partial charge in [-0.2, -0.15) is 5.10 Å². The van der Waals surface area contributed by atoms with E-state index in [1.165, 1.54) is 12.1 Å². The number of amides is 1. The zero-order valence-corrected chi connectivity index (χ0v) is 14.1. The van der Waals surface area contributed by atoms with Crippen LogP contribution in [0, 0.1) is 19.7 Å². The minimum Gasteiger partial charge on any atom is -0.361 e. The van der Waals surface area contributed by atoms with E-state index in [0.29, 0.717) is 19.4 Å². The van der Waals surface area contributed by atoms with Crippen LogP contribution < -0.4 is 5.32 Å². The largest absolute Gasteiger partial charge is 0.361 e. The van der Waals surface area contributed by atoms with E-state index in [9.17, 15) is 9.18 Å². The van der Waals surface area contributed by atoms with Gasteiger partial charge in [-0.3, -0.25) is 9.48 Å². The molecule has 0 saturated carbocycles. The van der Waals surface area contributed by atoms with Crippen LogP contribution in [0.15, 0.2) is 24.4 Å². The summed E-state index contributed by atoms with van der Waals surface area (Å²) < 4.78 is 15.0. The van der Waals surface area contributed by atoms with Crippen molar-refractivity contribution in [3.05, 3.63) is 52.7 Å². The number of hydrogen-bond acceptors (Lipinski definition) is 2. The van der Waals surface area contributed by atoms with Gasteiger partial charge in [-0.15, -0.1) is 0 Å². The Labute approximate surface area is 139 Å². The van der Waals surface area contributed by atoms with Gasteiger partial charge in [-0.25, -0.2) is 4.39 Å². The molecule has 0 fully saturated rings. The molecule has 24 heavy (non-hydrogen) atoms. The van der Waals surface area contributed by atoms with Gasteiger partial charge in [0, 0.05) is 41.9 Å². The fourth-order valence-electron chi connectivity index (χ4n) is 3.00. The molecule has 1 amide bonds. The number of halogens is 1. The van der Waals surface area contributed by atoms with Crippen LogP contribution in [-0.4, -0.2) is 27.2 Å². The van der Waals surface area contributed by atoms with E-state index in [1.54, 1.807) is 10.7 Å². The highest BCUT2D eigenvalue weighted by Crippen LogP contribution is 2.19. The molecule has 2 N–H and O–H groups in total. The van der Waals surface area contributed by atoms with Crippen LogP contribution in [0.5, 0.6) is 0 Å². The van der Waals surface area contributed by atoms with Gasteiger partial charge in [0.2, 0.25) is 5.91 Å². The van der Waals surface area contributed by atoms with Gasteiger partial charge in [0.25, 0.3) is 0 Å². The highest BCUT2D eigenvalue weighted by atomic mass is 19.1. The average molecular weight is 328 g/mol. The average Bonchev–Trinajstić information content (AvgIpc) is 3.03. The molecule has 0 aliphatic carbocycles. The number of carbonyl (C=O) groups excluding carboxylic acids is 1. The maximum absolute atomic E-state index is 13.2. The molecule has 6 heteroatoms. The topological polar surface area (TPSA) is 62.7 Å². The maximum Gasteiger partial charge on any atom is 0.224 e. The Balaban J connectivity index is 1.58. The summed E-state index contributed by atoms with van der Waals surface area (Å²) in [4.78, 5) is 15.2. The first-order valence-electron chi connectivity index (χ1n) is 7.97. The van der Waals surface area contributed by atoms with Crippen molar-refractivity contribution in [3.63, 3.8) is 0 Å². The van der Waals surface area contributed by atoms with E-state index >= 15 is 0 Å². The Bertz CT molecular complexity index is 894. The molecule has 0 spiro atoms. The zero-order valence-electron chi connectivity index (χ0n) is 14.1. The van der Waals surface area contributed by atoms with Crippen molar-refractivity contribution in [1.29, 1.82) is 0 Å². The molecule has 1 aromatic carbocycles. The molecular weight excluding hydrogens is 307 g/mol. The smallest absolute Gasteiger partial charge is 0.224 e. The molecule has 2 heterocycles. The third kappa shape index (κ3) is 3.18. The van der Waals surface area contributed by atoms with Gasteiger partial charge in [-0.05, 0) is 44.0 Å². The lowest BCUT2D eigenvalue weighted by molar-refractivity contribution is -0.120. The van der Waals surface area contributed by atoms with Gasteiger partial charge in [0.1, 0.15) is 5.82 Å². The number of aromatic nitrogens is 3. The molecule has 0 aliphatic heterocycles. The number of carbonyl (C=O) groups is 1. The number of nitrogens with zero attached hydrogens (tertiary/aromatic N) is 2. The Hall–Kier alpha value is -2.63. The van der Waals surface area contributed by atoms with E-state index in [0.717, 1.165) is 33.4 Å². The number of nitrogens with one attached hydrogen (secondary N) is 2. The first-order valence-corrected chi connectivity index (χ1v) is 7.97. The summed E-state index contributed by atoms with van der Waals surface area (Å²) in [6, 6.07) is 4.69. The molecule has 3 rings (SSSR count). The normalized spacial score (nSPS) is 11.2. The molecule has 2 aromatic heterocycles. The minimum atomic E-state index is -0.258. The lowest BCUT2D eigenvalue weighted by atomic mass is 10.1. The molecule has 0 saturated heterocycles. The maximum atomic E-state index is 13.2. The first kappa shape index (κ1) is 16.2. The van der Waals surface area contributed by atoms with Crippen molar-refractivity contribution < 1.29 is 9.18 Å². The summed E-state index contributed by atoms with van der Waals surface area (Å²) >= 11 is 0. The number of H-pyrrole nitrogens is 1. The van der Waals surface area contributed by atoms with Crippen LogP contribution in [0.1, 0.15) is 22.5 Å². The molecule has 0 bridgehead atoms. The van der Waals surface area contributed by atoms with Gasteiger partial charge in [-0.1, -0.05) is 0 Å². The Kier molecular flexibility index (Phi) is 4.38. The molecule has 0 aliphatic rings. The lowest BCUT2D eigenvalue weighted by Crippen LogP contribution is -2.27. The highest BCUT2D eigenvalue weighted by Gasteiger charge is 2.13. The number of rotatable bonds is 5. The van der Waals surface area contributed by atoms with Crippen molar-refractivity contribution >= 4 is 16.8 Å². The van der Waals surface area contributed by atoms with Crippen molar-refractivity contribution in [2.45, 2.75) is 26.7 Å². The summed E-state index contributed by atoms with van der Waals surface area (Å²) in [7, 11) is 1.88. The number of hydrogen-bond donors (Lipinski definition) is 2. The third-order valence-corrected chi connectivity index (χ3v) is 4.44. The summed E-state index contributed by atoms with van der Waals surface area (Å²) in [6.45, 7) is 4.43. The van der Waals surface area contributed by atoms with Gasteiger partial charge in [0.15, 0.2) is 0 Å². The lowest BCUT2D eigenvalue weighted by Gasteiger charge is -2.05. The number of aromatic amines is 1. The first-order chi connectivity index (χ1) is 11.5. The van der Waals surface area contributed by atoms with Gasteiger partial charge >= 0.3 is 0 Å². The van der Waals surface area contributed by atoms with E-state index in [4.69, 9.17) is 0 Å². The van der Waals surface area contributed by atoms with E-state index in [1.807, 2.05) is 27.1 Å². The second-order valence-electron chi connectivity index (χ2n) is 6.05. The Morgan fingerprint density at radius 1 is 1.38 bits per heavy atom. The van der Waals surface area contributed by atoms with Crippen LogP contribution in [0.2, 0.25) is 0 Å². The molecule has 126 valence electrons. The minimum absolute atomic E-state index is 0.0138. The van der Waals surface area contributed by atoms with Gasteiger partial charge in [0.05, 0.1) is 12.1 Å². The molecule has 0 unspecified atom stereocenters. The molecule has 5 nitrogen and oxygen atoms in total. The fourth-order valence-corrected chi connectivity index (χ4v) is 3.00. The SMILES string of the molecule is Cc1nn(C)c(C)c1CC(=O)NCCc1c[nH]c2cc(F)ccc12. The van der Waals surface area contributed by atoms with E-state index in [2.05, 4.69) is 15.4 Å². The van der Waals surface area contributed by atoms with Crippen LogP contribution in [0.4, 0.5) is 4.39 Å². The molecule has 0 atom stereocenters. The van der Waals surface area contributed by atoms with Crippen LogP contribution >= 0.6 is 0 Å². The van der Waals surface area contributed by atoms with Crippen LogP contribution in [0.3, 0.4) is 0 Å². The monoisotopic (exact) mass is 328 g/mol. The quantitative estimate of drug-likeness (QED) is 0.756. The molecule has 3 aromatic rings. The predicted molar refractivity (Wildman–Crippen MR) is 91.4 cm³/mol. The van der Waals surface area contributed by atoms with E-state index in [-0.39, 0.29) is 11.7 Å². The molecule has 0 radical (unpaired) electrons. The van der Waals surface area contributed by atoms with Crippen molar-refractivity contribution in [3.8, 4) is 0 Å². The van der Waals surface area contributed by atoms with Crippen molar-refractivity contribution in [1.82, 2.24) is 20.1 Å².